The minimum absolute atomic E-state index is 0.0754. The van der Waals surface area contributed by atoms with Gasteiger partial charge in [0.25, 0.3) is 0 Å². The van der Waals surface area contributed by atoms with E-state index in [1.54, 1.807) is 18.7 Å². The highest BCUT2D eigenvalue weighted by Gasteiger charge is 2.13. The topological polar surface area (TPSA) is 55.1 Å². The van der Waals surface area contributed by atoms with Gasteiger partial charge in [-0.3, -0.25) is 4.79 Å². The number of nitrogens with one attached hydrogen (secondary N) is 1. The second-order valence-electron chi connectivity index (χ2n) is 2.76. The molecular weight excluding hydrogens is 204 g/mol. The molecule has 3 N–H and O–H groups in total. The van der Waals surface area contributed by atoms with Crippen molar-refractivity contribution in [1.29, 1.82) is 0 Å². The molecule has 0 aliphatic rings. The SMILES string of the molecule is CSCCCNC(=O)C(C)C(N)=S. The summed E-state index contributed by atoms with van der Waals surface area (Å²) in [6, 6.07) is 0. The van der Waals surface area contributed by atoms with Crippen LogP contribution in [0.4, 0.5) is 0 Å². The molecule has 0 aliphatic heterocycles. The second-order valence-corrected chi connectivity index (χ2v) is 4.22. The summed E-state index contributed by atoms with van der Waals surface area (Å²) in [4.78, 5) is 11.5. The van der Waals surface area contributed by atoms with Gasteiger partial charge in [0.05, 0.1) is 10.9 Å². The first-order chi connectivity index (χ1) is 6.09. The van der Waals surface area contributed by atoms with Crippen LogP contribution < -0.4 is 11.1 Å². The molecule has 0 heterocycles. The zero-order chi connectivity index (χ0) is 10.3. The summed E-state index contributed by atoms with van der Waals surface area (Å²) in [6.45, 7) is 2.42. The Labute approximate surface area is 88.8 Å². The van der Waals surface area contributed by atoms with Crippen molar-refractivity contribution in [3.8, 4) is 0 Å². The monoisotopic (exact) mass is 220 g/mol. The van der Waals surface area contributed by atoms with Crippen molar-refractivity contribution >= 4 is 34.9 Å². The molecule has 0 aromatic heterocycles. The lowest BCUT2D eigenvalue weighted by Gasteiger charge is -2.09. The summed E-state index contributed by atoms with van der Waals surface area (Å²) < 4.78 is 0. The first-order valence-electron chi connectivity index (χ1n) is 4.15. The Balaban J connectivity index is 3.56. The Morgan fingerprint density at radius 1 is 1.69 bits per heavy atom. The molecule has 0 radical (unpaired) electrons. The van der Waals surface area contributed by atoms with Gasteiger partial charge in [-0.1, -0.05) is 12.2 Å². The predicted octanol–water partition coefficient (Wildman–Crippen LogP) is 0.778. The van der Waals surface area contributed by atoms with Crippen LogP contribution in [0.25, 0.3) is 0 Å². The fourth-order valence-corrected chi connectivity index (χ4v) is 1.25. The molecule has 1 atom stereocenters. The van der Waals surface area contributed by atoms with Crippen LogP contribution in [0.5, 0.6) is 0 Å². The third-order valence-electron chi connectivity index (χ3n) is 1.64. The summed E-state index contributed by atoms with van der Waals surface area (Å²) in [5, 5.41) is 2.78. The van der Waals surface area contributed by atoms with E-state index in [-0.39, 0.29) is 16.8 Å². The summed E-state index contributed by atoms with van der Waals surface area (Å²) in [5.41, 5.74) is 5.33. The first-order valence-corrected chi connectivity index (χ1v) is 5.95. The van der Waals surface area contributed by atoms with Crippen molar-refractivity contribution in [1.82, 2.24) is 5.32 Å². The summed E-state index contributed by atoms with van der Waals surface area (Å²) in [5.74, 6) is 0.625. The standard InChI is InChI=1S/C8H16N2OS2/c1-6(7(9)12)8(11)10-4-3-5-13-2/h6H,3-5H2,1-2H3,(H2,9,12)(H,10,11). The van der Waals surface area contributed by atoms with Crippen LogP contribution in [-0.2, 0) is 4.79 Å². The van der Waals surface area contributed by atoms with Crippen molar-refractivity contribution in [2.45, 2.75) is 13.3 Å². The van der Waals surface area contributed by atoms with Crippen molar-refractivity contribution in [2.75, 3.05) is 18.6 Å². The van der Waals surface area contributed by atoms with Crippen molar-refractivity contribution in [3.05, 3.63) is 0 Å². The Morgan fingerprint density at radius 2 is 2.31 bits per heavy atom. The zero-order valence-electron chi connectivity index (χ0n) is 8.00. The number of thioether (sulfide) groups is 1. The quantitative estimate of drug-likeness (QED) is 0.513. The Kier molecular flexibility index (Phi) is 6.99. The average molecular weight is 220 g/mol. The fourth-order valence-electron chi connectivity index (χ4n) is 0.710. The summed E-state index contributed by atoms with van der Waals surface area (Å²) in [7, 11) is 0. The van der Waals surface area contributed by atoms with E-state index in [1.807, 2.05) is 6.26 Å². The van der Waals surface area contributed by atoms with Crippen LogP contribution in [0.1, 0.15) is 13.3 Å². The molecule has 0 saturated heterocycles. The molecule has 5 heteroatoms. The molecule has 0 fully saturated rings. The molecule has 0 aromatic carbocycles. The lowest BCUT2D eigenvalue weighted by Crippen LogP contribution is -2.36. The van der Waals surface area contributed by atoms with E-state index in [1.165, 1.54) is 0 Å². The molecule has 0 rings (SSSR count). The number of hydrogen-bond acceptors (Lipinski definition) is 3. The van der Waals surface area contributed by atoms with Crippen LogP contribution in [0, 0.1) is 5.92 Å². The van der Waals surface area contributed by atoms with Crippen LogP contribution in [0.15, 0.2) is 0 Å². The van der Waals surface area contributed by atoms with Crippen molar-refractivity contribution in [2.24, 2.45) is 11.7 Å². The smallest absolute Gasteiger partial charge is 0.229 e. The van der Waals surface area contributed by atoms with Crippen LogP contribution in [-0.4, -0.2) is 29.4 Å². The molecule has 0 aromatic rings. The number of carbonyl (C=O) groups is 1. The van der Waals surface area contributed by atoms with Crippen LogP contribution >= 0.6 is 24.0 Å². The maximum Gasteiger partial charge on any atom is 0.229 e. The van der Waals surface area contributed by atoms with Crippen LogP contribution in [0.2, 0.25) is 0 Å². The number of amides is 1. The molecule has 1 amide bonds. The van der Waals surface area contributed by atoms with Gasteiger partial charge in [0.15, 0.2) is 0 Å². The van der Waals surface area contributed by atoms with Gasteiger partial charge in [0.1, 0.15) is 0 Å². The predicted molar refractivity (Wildman–Crippen MR) is 62.0 cm³/mol. The van der Waals surface area contributed by atoms with Gasteiger partial charge < -0.3 is 11.1 Å². The summed E-state index contributed by atoms with van der Waals surface area (Å²) in [6.07, 6.45) is 3.02. The normalized spacial score (nSPS) is 12.2. The molecule has 0 spiro atoms. The molecule has 0 aliphatic carbocycles. The molecular formula is C8H16N2OS2. The van der Waals surface area contributed by atoms with Gasteiger partial charge in [-0.15, -0.1) is 0 Å². The van der Waals surface area contributed by atoms with E-state index in [2.05, 4.69) is 5.32 Å². The maximum absolute atomic E-state index is 11.3. The Bertz CT molecular complexity index is 185. The van der Waals surface area contributed by atoms with Crippen LogP contribution in [0.3, 0.4) is 0 Å². The Morgan fingerprint density at radius 3 is 2.77 bits per heavy atom. The minimum atomic E-state index is -0.357. The fraction of sp³-hybridized carbons (Fsp3) is 0.750. The van der Waals surface area contributed by atoms with Gasteiger partial charge in [0.2, 0.25) is 5.91 Å². The van der Waals surface area contributed by atoms with Gasteiger partial charge in [-0.25, -0.2) is 0 Å². The van der Waals surface area contributed by atoms with Crippen molar-refractivity contribution < 1.29 is 4.79 Å². The third kappa shape index (κ3) is 5.87. The molecule has 1 unspecified atom stereocenters. The number of nitrogens with two attached hydrogens (primary N) is 1. The first kappa shape index (κ1) is 12.7. The van der Waals surface area contributed by atoms with E-state index >= 15 is 0 Å². The van der Waals surface area contributed by atoms with Gasteiger partial charge >= 0.3 is 0 Å². The lowest BCUT2D eigenvalue weighted by molar-refractivity contribution is -0.122. The molecule has 3 nitrogen and oxygen atoms in total. The van der Waals surface area contributed by atoms with E-state index in [9.17, 15) is 4.79 Å². The molecule has 13 heavy (non-hydrogen) atoms. The van der Waals surface area contributed by atoms with E-state index in [0.29, 0.717) is 6.54 Å². The van der Waals surface area contributed by atoms with E-state index in [4.69, 9.17) is 18.0 Å². The number of hydrogen-bond donors (Lipinski definition) is 2. The highest BCUT2D eigenvalue weighted by Crippen LogP contribution is 1.96. The largest absolute Gasteiger partial charge is 0.393 e. The highest BCUT2D eigenvalue weighted by molar-refractivity contribution is 7.98. The number of carbonyl (C=O) groups excluding carboxylic acids is 1. The molecule has 0 saturated carbocycles. The zero-order valence-corrected chi connectivity index (χ0v) is 9.63. The molecule has 76 valence electrons. The number of rotatable bonds is 6. The lowest BCUT2D eigenvalue weighted by atomic mass is 10.1. The van der Waals surface area contributed by atoms with Crippen molar-refractivity contribution in [3.63, 3.8) is 0 Å². The van der Waals surface area contributed by atoms with E-state index in [0.717, 1.165) is 12.2 Å². The molecule has 0 bridgehead atoms. The average Bonchev–Trinajstić information content (AvgIpc) is 2.10. The van der Waals surface area contributed by atoms with Gasteiger partial charge in [-0.2, -0.15) is 11.8 Å². The highest BCUT2D eigenvalue weighted by atomic mass is 32.2. The van der Waals surface area contributed by atoms with E-state index < -0.39 is 0 Å². The Hall–Kier alpha value is -0.290. The van der Waals surface area contributed by atoms with Gasteiger partial charge in [-0.05, 0) is 25.4 Å². The maximum atomic E-state index is 11.3. The number of thiocarbonyl (C=S) groups is 1. The van der Waals surface area contributed by atoms with Gasteiger partial charge in [0, 0.05) is 6.54 Å². The third-order valence-corrected chi connectivity index (χ3v) is 2.70. The minimum Gasteiger partial charge on any atom is -0.393 e. The second kappa shape index (κ2) is 7.15. The summed E-state index contributed by atoms with van der Waals surface area (Å²) >= 11 is 6.48.